The number of ether oxygens (including phenoxy) is 2. The number of hydrogen-bond donors (Lipinski definition) is 0. The Morgan fingerprint density at radius 1 is 1.12 bits per heavy atom. The van der Waals surface area contributed by atoms with Crippen LogP contribution in [0, 0.1) is 0 Å². The lowest BCUT2D eigenvalue weighted by Gasteiger charge is -2.34. The van der Waals surface area contributed by atoms with Crippen molar-refractivity contribution in [3.63, 3.8) is 0 Å². The van der Waals surface area contributed by atoms with Crippen LogP contribution in [-0.4, -0.2) is 71.3 Å². The lowest BCUT2D eigenvalue weighted by Crippen LogP contribution is -2.49. The second-order valence-corrected chi connectivity index (χ2v) is 6.31. The maximum atomic E-state index is 12.8. The monoisotopic (exact) mass is 355 g/mol. The van der Waals surface area contributed by atoms with Crippen LogP contribution < -0.4 is 9.64 Å². The highest BCUT2D eigenvalue weighted by molar-refractivity contribution is 5.94. The minimum Gasteiger partial charge on any atom is -0.472 e. The highest BCUT2D eigenvalue weighted by Gasteiger charge is 2.24. The number of carbonyl (C=O) groups is 1. The highest BCUT2D eigenvalue weighted by atomic mass is 16.5. The van der Waals surface area contributed by atoms with Crippen molar-refractivity contribution in [1.82, 2.24) is 19.9 Å². The molecular formula is C18H21N5O3. The molecule has 0 aromatic carbocycles. The van der Waals surface area contributed by atoms with Gasteiger partial charge in [0.1, 0.15) is 6.10 Å². The van der Waals surface area contributed by atoms with E-state index in [4.69, 9.17) is 9.47 Å². The van der Waals surface area contributed by atoms with Crippen LogP contribution in [0.5, 0.6) is 5.88 Å². The number of piperazine rings is 1. The third kappa shape index (κ3) is 3.75. The van der Waals surface area contributed by atoms with E-state index in [1.807, 2.05) is 4.90 Å². The molecule has 4 rings (SSSR count). The maximum absolute atomic E-state index is 12.8. The fourth-order valence-corrected chi connectivity index (χ4v) is 3.13. The minimum absolute atomic E-state index is 0.00597. The number of carbonyl (C=O) groups excluding carboxylic acids is 1. The summed E-state index contributed by atoms with van der Waals surface area (Å²) in [4.78, 5) is 29.5. The summed E-state index contributed by atoms with van der Waals surface area (Å²) in [6.07, 6.45) is 5.94. The molecule has 0 N–H and O–H groups in total. The summed E-state index contributed by atoms with van der Waals surface area (Å²) in [5, 5.41) is 0. The molecule has 0 unspecified atom stereocenters. The number of anilines is 1. The maximum Gasteiger partial charge on any atom is 0.254 e. The smallest absolute Gasteiger partial charge is 0.254 e. The van der Waals surface area contributed by atoms with E-state index in [2.05, 4.69) is 19.9 Å². The molecule has 2 saturated heterocycles. The Morgan fingerprint density at radius 3 is 2.65 bits per heavy atom. The molecule has 26 heavy (non-hydrogen) atoms. The molecule has 2 aromatic heterocycles. The standard InChI is InChI=1S/C18H21N5O3/c24-17(14-2-6-19-16(12-14)26-15-3-11-25-13-15)22-7-9-23(10-8-22)18-20-4-1-5-21-18/h1-2,4-6,12,15H,3,7-11,13H2/t15-/m1/s1. The third-order valence-corrected chi connectivity index (χ3v) is 4.56. The second kappa shape index (κ2) is 7.65. The van der Waals surface area contributed by atoms with Crippen LogP contribution in [0.4, 0.5) is 5.95 Å². The van der Waals surface area contributed by atoms with Crippen LogP contribution in [0.15, 0.2) is 36.8 Å². The third-order valence-electron chi connectivity index (χ3n) is 4.56. The van der Waals surface area contributed by atoms with Gasteiger partial charge in [0.05, 0.1) is 13.2 Å². The van der Waals surface area contributed by atoms with Gasteiger partial charge in [0.2, 0.25) is 11.8 Å². The van der Waals surface area contributed by atoms with Gasteiger partial charge >= 0.3 is 0 Å². The van der Waals surface area contributed by atoms with Gasteiger partial charge in [0.25, 0.3) is 5.91 Å². The zero-order valence-corrected chi connectivity index (χ0v) is 14.5. The van der Waals surface area contributed by atoms with Gasteiger partial charge in [-0.05, 0) is 12.1 Å². The molecule has 4 heterocycles. The SMILES string of the molecule is O=C(c1ccnc(O[C@@H]2CCOC2)c1)N1CCN(c2ncccn2)CC1. The summed E-state index contributed by atoms with van der Waals surface area (Å²) in [7, 11) is 0. The topological polar surface area (TPSA) is 80.7 Å². The number of pyridine rings is 1. The first-order chi connectivity index (χ1) is 12.8. The second-order valence-electron chi connectivity index (χ2n) is 6.31. The lowest BCUT2D eigenvalue weighted by molar-refractivity contribution is 0.0745. The van der Waals surface area contributed by atoms with Crippen LogP contribution in [0.25, 0.3) is 0 Å². The number of aromatic nitrogens is 3. The predicted octanol–water partition coefficient (Wildman–Crippen LogP) is 1.00. The van der Waals surface area contributed by atoms with E-state index < -0.39 is 0 Å². The van der Waals surface area contributed by atoms with E-state index in [0.29, 0.717) is 56.8 Å². The summed E-state index contributed by atoms with van der Waals surface area (Å²) < 4.78 is 11.1. The normalized spacial score (nSPS) is 20.2. The lowest BCUT2D eigenvalue weighted by atomic mass is 10.2. The van der Waals surface area contributed by atoms with Gasteiger partial charge in [0, 0.05) is 62.8 Å². The molecule has 8 heteroatoms. The van der Waals surface area contributed by atoms with Crippen molar-refractivity contribution in [3.05, 3.63) is 42.4 Å². The van der Waals surface area contributed by atoms with E-state index in [-0.39, 0.29) is 12.0 Å². The fraction of sp³-hybridized carbons (Fsp3) is 0.444. The van der Waals surface area contributed by atoms with Crippen LogP contribution in [0.2, 0.25) is 0 Å². The zero-order valence-electron chi connectivity index (χ0n) is 14.5. The van der Waals surface area contributed by atoms with Crippen LogP contribution >= 0.6 is 0 Å². The Bertz CT molecular complexity index is 744. The van der Waals surface area contributed by atoms with Crippen molar-refractivity contribution in [1.29, 1.82) is 0 Å². The molecule has 0 saturated carbocycles. The van der Waals surface area contributed by atoms with Crippen LogP contribution in [-0.2, 0) is 4.74 Å². The number of rotatable bonds is 4. The number of nitrogens with zero attached hydrogens (tertiary/aromatic N) is 5. The van der Waals surface area contributed by atoms with Crippen LogP contribution in [0.1, 0.15) is 16.8 Å². The van der Waals surface area contributed by atoms with Crippen molar-refractivity contribution in [2.45, 2.75) is 12.5 Å². The molecule has 2 fully saturated rings. The molecule has 136 valence electrons. The van der Waals surface area contributed by atoms with E-state index in [9.17, 15) is 4.79 Å². The van der Waals surface area contributed by atoms with Crippen LogP contribution in [0.3, 0.4) is 0 Å². The molecule has 8 nitrogen and oxygen atoms in total. The molecule has 0 spiro atoms. The molecular weight excluding hydrogens is 334 g/mol. The quantitative estimate of drug-likeness (QED) is 0.809. The fourth-order valence-electron chi connectivity index (χ4n) is 3.13. The highest BCUT2D eigenvalue weighted by Crippen LogP contribution is 2.18. The summed E-state index contributed by atoms with van der Waals surface area (Å²) >= 11 is 0. The van der Waals surface area contributed by atoms with Gasteiger partial charge < -0.3 is 19.3 Å². The summed E-state index contributed by atoms with van der Waals surface area (Å²) in [5.74, 6) is 1.18. The first-order valence-corrected chi connectivity index (χ1v) is 8.81. The Morgan fingerprint density at radius 2 is 1.92 bits per heavy atom. The molecule has 2 aliphatic rings. The molecule has 2 aliphatic heterocycles. The molecule has 2 aromatic rings. The zero-order chi connectivity index (χ0) is 17.8. The Kier molecular flexibility index (Phi) is 4.92. The summed E-state index contributed by atoms with van der Waals surface area (Å²) in [5.41, 5.74) is 0.596. The van der Waals surface area contributed by atoms with Crippen molar-refractivity contribution >= 4 is 11.9 Å². The Hall–Kier alpha value is -2.74. The first-order valence-electron chi connectivity index (χ1n) is 8.81. The van der Waals surface area contributed by atoms with Crippen molar-refractivity contribution in [2.24, 2.45) is 0 Å². The molecule has 0 aliphatic carbocycles. The summed E-state index contributed by atoms with van der Waals surface area (Å²) in [6, 6.07) is 5.24. The van der Waals surface area contributed by atoms with Gasteiger partial charge in [-0.3, -0.25) is 4.79 Å². The first kappa shape index (κ1) is 16.7. The van der Waals surface area contributed by atoms with Crippen molar-refractivity contribution < 1.29 is 14.3 Å². The molecule has 0 bridgehead atoms. The van der Waals surface area contributed by atoms with Gasteiger partial charge in [-0.1, -0.05) is 0 Å². The Labute approximate surface area is 151 Å². The van der Waals surface area contributed by atoms with E-state index in [1.165, 1.54) is 0 Å². The van der Waals surface area contributed by atoms with E-state index in [0.717, 1.165) is 6.42 Å². The van der Waals surface area contributed by atoms with Crippen molar-refractivity contribution in [2.75, 3.05) is 44.3 Å². The molecule has 0 radical (unpaired) electrons. The number of hydrogen-bond acceptors (Lipinski definition) is 7. The van der Waals surface area contributed by atoms with E-state index >= 15 is 0 Å². The average molecular weight is 355 g/mol. The average Bonchev–Trinajstić information content (AvgIpc) is 3.21. The summed E-state index contributed by atoms with van der Waals surface area (Å²) in [6.45, 7) is 3.97. The molecule has 1 atom stereocenters. The minimum atomic E-state index is -0.00597. The number of amides is 1. The molecule has 1 amide bonds. The van der Waals surface area contributed by atoms with E-state index in [1.54, 1.807) is 36.8 Å². The van der Waals surface area contributed by atoms with Gasteiger partial charge in [-0.2, -0.15) is 0 Å². The Balaban J connectivity index is 1.37. The van der Waals surface area contributed by atoms with Gasteiger partial charge in [0.15, 0.2) is 0 Å². The van der Waals surface area contributed by atoms with Crippen molar-refractivity contribution in [3.8, 4) is 5.88 Å². The van der Waals surface area contributed by atoms with Gasteiger partial charge in [-0.25, -0.2) is 15.0 Å². The predicted molar refractivity (Wildman–Crippen MR) is 94.2 cm³/mol. The van der Waals surface area contributed by atoms with Gasteiger partial charge in [-0.15, -0.1) is 0 Å². The largest absolute Gasteiger partial charge is 0.472 e.